The Morgan fingerprint density at radius 2 is 2.50 bits per heavy atom. The predicted octanol–water partition coefficient (Wildman–Crippen LogP) is 0.102. The largest absolute Gasteiger partial charge is 0.480 e. The van der Waals surface area contributed by atoms with Gasteiger partial charge in [0.15, 0.2) is 0 Å². The van der Waals surface area contributed by atoms with Crippen molar-refractivity contribution in [3.63, 3.8) is 0 Å². The Kier molecular flexibility index (Phi) is 3.35. The van der Waals surface area contributed by atoms with E-state index in [0.29, 0.717) is 23.4 Å². The first-order chi connectivity index (χ1) is 7.70. The summed E-state index contributed by atoms with van der Waals surface area (Å²) >= 11 is 3.33. The number of nitrogens with one attached hydrogen (secondary N) is 1. The molecule has 86 valence electrons. The topological polar surface area (TPSA) is 78.4 Å². The lowest BCUT2D eigenvalue weighted by Gasteiger charge is -2.34. The lowest BCUT2D eigenvalue weighted by molar-refractivity contribution is -0.138. The minimum atomic E-state index is -0.849. The van der Waals surface area contributed by atoms with Gasteiger partial charge in [-0.3, -0.25) is 0 Å². The molecule has 0 saturated carbocycles. The number of carboxylic acids is 1. The van der Waals surface area contributed by atoms with Crippen molar-refractivity contribution in [3.05, 3.63) is 17.0 Å². The second kappa shape index (κ2) is 4.75. The van der Waals surface area contributed by atoms with E-state index < -0.39 is 12.0 Å². The van der Waals surface area contributed by atoms with Gasteiger partial charge in [0, 0.05) is 25.8 Å². The van der Waals surface area contributed by atoms with E-state index in [-0.39, 0.29) is 0 Å². The SMILES string of the molecule is O=C(O)C1CNCCN1c1ncncc1Br. The second-order valence-corrected chi connectivity index (χ2v) is 4.30. The van der Waals surface area contributed by atoms with Crippen LogP contribution >= 0.6 is 15.9 Å². The van der Waals surface area contributed by atoms with Gasteiger partial charge in [-0.1, -0.05) is 0 Å². The molecule has 0 bridgehead atoms. The van der Waals surface area contributed by atoms with E-state index in [0.717, 1.165) is 6.54 Å². The standard InChI is InChI=1S/C9H11BrN4O2/c10-6-3-12-5-13-8(6)14-2-1-11-4-7(14)9(15)16/h3,5,7,11H,1-2,4H2,(H,15,16). The van der Waals surface area contributed by atoms with Crippen LogP contribution in [0.5, 0.6) is 0 Å². The van der Waals surface area contributed by atoms with Gasteiger partial charge in [-0.2, -0.15) is 0 Å². The molecule has 0 radical (unpaired) electrons. The molecule has 1 saturated heterocycles. The summed E-state index contributed by atoms with van der Waals surface area (Å²) in [7, 11) is 0. The molecule has 1 aliphatic heterocycles. The molecule has 1 unspecified atom stereocenters. The summed E-state index contributed by atoms with van der Waals surface area (Å²) in [6, 6.07) is -0.583. The Balaban J connectivity index is 2.30. The number of piperazine rings is 1. The molecule has 2 rings (SSSR count). The highest BCUT2D eigenvalue weighted by molar-refractivity contribution is 9.10. The molecule has 1 aliphatic rings. The average molecular weight is 287 g/mol. The normalized spacial score (nSPS) is 20.8. The van der Waals surface area contributed by atoms with Crippen molar-refractivity contribution in [2.75, 3.05) is 24.5 Å². The molecular weight excluding hydrogens is 276 g/mol. The van der Waals surface area contributed by atoms with Crippen molar-refractivity contribution in [2.24, 2.45) is 0 Å². The summed E-state index contributed by atoms with van der Waals surface area (Å²) in [4.78, 5) is 20.9. The monoisotopic (exact) mass is 286 g/mol. The maximum atomic E-state index is 11.1. The summed E-state index contributed by atoms with van der Waals surface area (Å²) in [5.41, 5.74) is 0. The van der Waals surface area contributed by atoms with Gasteiger partial charge in [-0.25, -0.2) is 14.8 Å². The third-order valence-electron chi connectivity index (χ3n) is 2.45. The molecule has 0 amide bonds. The summed E-state index contributed by atoms with van der Waals surface area (Å²) in [5, 5.41) is 12.2. The van der Waals surface area contributed by atoms with Crippen LogP contribution in [0.1, 0.15) is 0 Å². The summed E-state index contributed by atoms with van der Waals surface area (Å²) in [6.07, 6.45) is 3.03. The Hall–Kier alpha value is -1.21. The minimum Gasteiger partial charge on any atom is -0.480 e. The van der Waals surface area contributed by atoms with Crippen LogP contribution in [0.15, 0.2) is 17.0 Å². The van der Waals surface area contributed by atoms with E-state index in [1.807, 2.05) is 0 Å². The van der Waals surface area contributed by atoms with Gasteiger partial charge < -0.3 is 15.3 Å². The van der Waals surface area contributed by atoms with Crippen LogP contribution in [-0.2, 0) is 4.79 Å². The van der Waals surface area contributed by atoms with Gasteiger partial charge in [0.25, 0.3) is 0 Å². The Morgan fingerprint density at radius 1 is 1.69 bits per heavy atom. The minimum absolute atomic E-state index is 0.422. The number of anilines is 1. The van der Waals surface area contributed by atoms with Gasteiger partial charge in [0.2, 0.25) is 0 Å². The maximum absolute atomic E-state index is 11.1. The number of carboxylic acid groups (broad SMARTS) is 1. The quantitative estimate of drug-likeness (QED) is 0.803. The Morgan fingerprint density at radius 3 is 3.19 bits per heavy atom. The summed E-state index contributed by atoms with van der Waals surface area (Å²) in [6.45, 7) is 1.79. The highest BCUT2D eigenvalue weighted by Gasteiger charge is 2.30. The van der Waals surface area contributed by atoms with E-state index in [4.69, 9.17) is 5.11 Å². The first kappa shape index (κ1) is 11.3. The van der Waals surface area contributed by atoms with E-state index in [1.165, 1.54) is 6.33 Å². The molecule has 1 atom stereocenters. The lowest BCUT2D eigenvalue weighted by atomic mass is 10.2. The van der Waals surface area contributed by atoms with Crippen LogP contribution in [0.3, 0.4) is 0 Å². The van der Waals surface area contributed by atoms with E-state index in [9.17, 15) is 4.79 Å². The summed E-state index contributed by atoms with van der Waals surface area (Å²) < 4.78 is 0.711. The van der Waals surface area contributed by atoms with E-state index in [1.54, 1.807) is 11.1 Å². The van der Waals surface area contributed by atoms with Crippen LogP contribution in [0.25, 0.3) is 0 Å². The van der Waals surface area contributed by atoms with E-state index >= 15 is 0 Å². The van der Waals surface area contributed by atoms with Crippen molar-refractivity contribution >= 4 is 27.7 Å². The number of aromatic nitrogens is 2. The zero-order valence-corrected chi connectivity index (χ0v) is 10.0. The number of carbonyl (C=O) groups is 1. The fourth-order valence-corrected chi connectivity index (χ4v) is 2.14. The third-order valence-corrected chi connectivity index (χ3v) is 3.01. The molecule has 1 fully saturated rings. The molecule has 7 heteroatoms. The number of rotatable bonds is 2. The van der Waals surface area contributed by atoms with Gasteiger partial charge in [-0.15, -0.1) is 0 Å². The van der Waals surface area contributed by atoms with E-state index in [2.05, 4.69) is 31.2 Å². The van der Waals surface area contributed by atoms with Crippen molar-refractivity contribution in [3.8, 4) is 0 Å². The maximum Gasteiger partial charge on any atom is 0.327 e. The molecule has 0 aromatic carbocycles. The zero-order valence-electron chi connectivity index (χ0n) is 8.43. The fraction of sp³-hybridized carbons (Fsp3) is 0.444. The highest BCUT2D eigenvalue weighted by Crippen LogP contribution is 2.24. The number of nitrogens with zero attached hydrogens (tertiary/aromatic N) is 3. The first-order valence-electron chi connectivity index (χ1n) is 4.86. The molecule has 2 N–H and O–H groups in total. The molecular formula is C9H11BrN4O2. The number of hydrogen-bond acceptors (Lipinski definition) is 5. The van der Waals surface area contributed by atoms with Gasteiger partial charge in [0.1, 0.15) is 18.2 Å². The smallest absolute Gasteiger partial charge is 0.327 e. The predicted molar refractivity (Wildman–Crippen MR) is 61.4 cm³/mol. The highest BCUT2D eigenvalue weighted by atomic mass is 79.9. The Bertz CT molecular complexity index is 401. The van der Waals surface area contributed by atoms with Crippen LogP contribution in [0, 0.1) is 0 Å². The van der Waals surface area contributed by atoms with Crippen LogP contribution < -0.4 is 10.2 Å². The zero-order chi connectivity index (χ0) is 11.5. The second-order valence-electron chi connectivity index (χ2n) is 3.45. The van der Waals surface area contributed by atoms with Gasteiger partial charge in [-0.05, 0) is 15.9 Å². The number of halogens is 1. The van der Waals surface area contributed by atoms with Crippen molar-refractivity contribution in [2.45, 2.75) is 6.04 Å². The van der Waals surface area contributed by atoms with Crippen LogP contribution in [0.2, 0.25) is 0 Å². The Labute approximate surface area is 101 Å². The van der Waals surface area contributed by atoms with Crippen molar-refractivity contribution < 1.29 is 9.90 Å². The molecule has 2 heterocycles. The van der Waals surface area contributed by atoms with Crippen molar-refractivity contribution in [1.29, 1.82) is 0 Å². The van der Waals surface area contributed by atoms with Gasteiger partial charge in [0.05, 0.1) is 4.47 Å². The molecule has 0 spiro atoms. The molecule has 1 aromatic rings. The number of hydrogen-bond donors (Lipinski definition) is 2. The third kappa shape index (κ3) is 2.14. The molecule has 1 aromatic heterocycles. The molecule has 0 aliphatic carbocycles. The van der Waals surface area contributed by atoms with Gasteiger partial charge >= 0.3 is 5.97 Å². The van der Waals surface area contributed by atoms with Crippen LogP contribution in [-0.4, -0.2) is 46.7 Å². The number of aliphatic carboxylic acids is 1. The summed E-state index contributed by atoms with van der Waals surface area (Å²) in [5.74, 6) is -0.221. The van der Waals surface area contributed by atoms with Crippen molar-refractivity contribution in [1.82, 2.24) is 15.3 Å². The van der Waals surface area contributed by atoms with Crippen LogP contribution in [0.4, 0.5) is 5.82 Å². The molecule has 6 nitrogen and oxygen atoms in total. The average Bonchev–Trinajstić information content (AvgIpc) is 2.29. The molecule has 16 heavy (non-hydrogen) atoms. The first-order valence-corrected chi connectivity index (χ1v) is 5.65. The lowest BCUT2D eigenvalue weighted by Crippen LogP contribution is -2.55. The fourth-order valence-electron chi connectivity index (χ4n) is 1.70.